The second-order valence-corrected chi connectivity index (χ2v) is 6.28. The predicted octanol–water partition coefficient (Wildman–Crippen LogP) is 3.69. The first-order valence-corrected chi connectivity index (χ1v) is 8.34. The van der Waals surface area contributed by atoms with Gasteiger partial charge in [-0.15, -0.1) is 0 Å². The first kappa shape index (κ1) is 17.0. The molecule has 3 aromatic rings. The molecule has 1 aromatic heterocycles. The number of nitrogens with zero attached hydrogens (tertiary/aromatic N) is 2. The summed E-state index contributed by atoms with van der Waals surface area (Å²) in [6, 6.07) is 11.1. The molecule has 0 saturated carbocycles. The second kappa shape index (κ2) is 6.37. The van der Waals surface area contributed by atoms with Crippen molar-refractivity contribution in [1.29, 1.82) is 0 Å². The summed E-state index contributed by atoms with van der Waals surface area (Å²) < 4.78 is 5.01. The van der Waals surface area contributed by atoms with Crippen molar-refractivity contribution in [3.05, 3.63) is 76.5 Å². The number of hydrogen-bond acceptors (Lipinski definition) is 5. The number of benzene rings is 2. The van der Waals surface area contributed by atoms with Crippen LogP contribution in [0.25, 0.3) is 0 Å². The Morgan fingerprint density at radius 3 is 2.33 bits per heavy atom. The van der Waals surface area contributed by atoms with Gasteiger partial charge in [0.15, 0.2) is 12.1 Å². The molecule has 8 heteroatoms. The molecule has 0 bridgehead atoms. The maximum absolute atomic E-state index is 12.6. The number of carbonyl (C=O) groups excluding carboxylic acids is 3. The lowest BCUT2D eigenvalue weighted by Gasteiger charge is -2.16. The maximum Gasteiger partial charge on any atom is 0.277 e. The Bertz CT molecular complexity index is 1070. The molecule has 0 saturated heterocycles. The molecule has 2 aromatic carbocycles. The van der Waals surface area contributed by atoms with Crippen LogP contribution < -0.4 is 10.2 Å². The smallest absolute Gasteiger partial charge is 0.277 e. The van der Waals surface area contributed by atoms with Crippen molar-refractivity contribution < 1.29 is 18.8 Å². The van der Waals surface area contributed by atoms with Crippen LogP contribution >= 0.6 is 11.6 Å². The Kier molecular flexibility index (Phi) is 4.01. The molecule has 0 aliphatic carbocycles. The van der Waals surface area contributed by atoms with E-state index in [-0.39, 0.29) is 16.4 Å². The summed E-state index contributed by atoms with van der Waals surface area (Å²) in [6.07, 6.45) is 1.18. The zero-order valence-electron chi connectivity index (χ0n) is 14.0. The van der Waals surface area contributed by atoms with Gasteiger partial charge < -0.3 is 9.73 Å². The topological polar surface area (TPSA) is 92.5 Å². The summed E-state index contributed by atoms with van der Waals surface area (Å²) >= 11 is 6.29. The highest BCUT2D eigenvalue weighted by atomic mass is 35.5. The minimum Gasteiger partial charge on any atom is -0.448 e. The Hall–Kier alpha value is -3.45. The van der Waals surface area contributed by atoms with Crippen molar-refractivity contribution in [1.82, 2.24) is 4.98 Å². The van der Waals surface area contributed by atoms with Crippen LogP contribution in [0.4, 0.5) is 11.4 Å². The van der Waals surface area contributed by atoms with Crippen molar-refractivity contribution in [2.24, 2.45) is 0 Å². The van der Waals surface area contributed by atoms with Crippen LogP contribution in [0.5, 0.6) is 0 Å². The molecule has 0 unspecified atom stereocenters. The van der Waals surface area contributed by atoms with Crippen LogP contribution in [0.2, 0.25) is 5.02 Å². The van der Waals surface area contributed by atoms with Gasteiger partial charge in [0.2, 0.25) is 0 Å². The molecule has 4 rings (SSSR count). The number of nitrogens with one attached hydrogen (secondary N) is 1. The summed E-state index contributed by atoms with van der Waals surface area (Å²) in [4.78, 5) is 42.2. The number of halogens is 1. The molecule has 1 N–H and O–H groups in total. The van der Waals surface area contributed by atoms with E-state index in [2.05, 4.69) is 10.3 Å². The molecule has 0 atom stereocenters. The van der Waals surface area contributed by atoms with E-state index < -0.39 is 17.7 Å². The SMILES string of the molecule is Cc1ocnc1C(=O)Nc1ccc(N2C(=O)c3ccccc3C2=O)c(Cl)c1. The summed E-state index contributed by atoms with van der Waals surface area (Å²) in [5.74, 6) is -0.938. The lowest BCUT2D eigenvalue weighted by atomic mass is 10.1. The van der Waals surface area contributed by atoms with Crippen LogP contribution in [-0.4, -0.2) is 22.7 Å². The number of aromatic nitrogens is 1. The first-order chi connectivity index (χ1) is 13.0. The molecule has 27 heavy (non-hydrogen) atoms. The Morgan fingerprint density at radius 2 is 1.78 bits per heavy atom. The van der Waals surface area contributed by atoms with Crippen LogP contribution in [0.15, 0.2) is 53.3 Å². The van der Waals surface area contributed by atoms with Crippen molar-refractivity contribution in [3.63, 3.8) is 0 Å². The number of imide groups is 1. The van der Waals surface area contributed by atoms with Crippen molar-refractivity contribution in [2.45, 2.75) is 6.92 Å². The molecule has 2 heterocycles. The molecule has 0 spiro atoms. The lowest BCUT2D eigenvalue weighted by Crippen LogP contribution is -2.29. The quantitative estimate of drug-likeness (QED) is 0.698. The summed E-state index contributed by atoms with van der Waals surface area (Å²) in [6.45, 7) is 1.63. The molecular weight excluding hydrogens is 370 g/mol. The third-order valence-corrected chi connectivity index (χ3v) is 4.50. The van der Waals surface area contributed by atoms with Gasteiger partial charge in [0.1, 0.15) is 5.76 Å². The average Bonchev–Trinajstić information content (AvgIpc) is 3.18. The molecule has 134 valence electrons. The molecule has 7 nitrogen and oxygen atoms in total. The van der Waals surface area contributed by atoms with Crippen LogP contribution in [0.1, 0.15) is 37.0 Å². The summed E-state index contributed by atoms with van der Waals surface area (Å²) in [7, 11) is 0. The number of rotatable bonds is 3. The highest BCUT2D eigenvalue weighted by Crippen LogP contribution is 2.34. The predicted molar refractivity (Wildman–Crippen MR) is 98.2 cm³/mol. The van der Waals surface area contributed by atoms with E-state index in [0.29, 0.717) is 22.6 Å². The van der Waals surface area contributed by atoms with E-state index in [4.69, 9.17) is 16.0 Å². The van der Waals surface area contributed by atoms with E-state index in [1.807, 2.05) is 0 Å². The lowest BCUT2D eigenvalue weighted by molar-refractivity contribution is 0.0924. The van der Waals surface area contributed by atoms with Gasteiger partial charge in [-0.2, -0.15) is 0 Å². The van der Waals surface area contributed by atoms with Gasteiger partial charge >= 0.3 is 0 Å². The zero-order chi connectivity index (χ0) is 19.1. The second-order valence-electron chi connectivity index (χ2n) is 5.87. The van der Waals surface area contributed by atoms with Crippen molar-refractivity contribution in [3.8, 4) is 0 Å². The fourth-order valence-electron chi connectivity index (χ4n) is 2.89. The van der Waals surface area contributed by atoms with Crippen LogP contribution in [0.3, 0.4) is 0 Å². The highest BCUT2D eigenvalue weighted by molar-refractivity contribution is 6.40. The van der Waals surface area contributed by atoms with E-state index in [0.717, 1.165) is 4.90 Å². The zero-order valence-corrected chi connectivity index (χ0v) is 14.8. The van der Waals surface area contributed by atoms with Crippen LogP contribution in [0, 0.1) is 6.92 Å². The van der Waals surface area contributed by atoms with Crippen LogP contribution in [-0.2, 0) is 0 Å². The number of fused-ring (bicyclic) bond motifs is 1. The fourth-order valence-corrected chi connectivity index (χ4v) is 3.15. The summed E-state index contributed by atoms with van der Waals surface area (Å²) in [5.41, 5.74) is 1.47. The fraction of sp³-hybridized carbons (Fsp3) is 0.0526. The third kappa shape index (κ3) is 2.78. The highest BCUT2D eigenvalue weighted by Gasteiger charge is 2.37. The third-order valence-electron chi connectivity index (χ3n) is 4.20. The van der Waals surface area contributed by atoms with E-state index in [9.17, 15) is 14.4 Å². The maximum atomic E-state index is 12.6. The summed E-state index contributed by atoms with van der Waals surface area (Å²) in [5, 5.41) is 2.80. The average molecular weight is 382 g/mol. The number of hydrogen-bond donors (Lipinski definition) is 1. The molecule has 0 radical (unpaired) electrons. The minimum absolute atomic E-state index is 0.152. The first-order valence-electron chi connectivity index (χ1n) is 7.96. The Labute approximate surface area is 158 Å². The van der Waals surface area contributed by atoms with Crippen molar-refractivity contribution in [2.75, 3.05) is 10.2 Å². The normalized spacial score (nSPS) is 13.0. The standard InChI is InChI=1S/C19H12ClN3O4/c1-10-16(21-9-27-10)17(24)22-11-6-7-15(14(20)8-11)23-18(25)12-4-2-3-5-13(12)19(23)26/h2-9H,1H3,(H,22,24). The monoisotopic (exact) mass is 381 g/mol. The van der Waals surface area contributed by atoms with Gasteiger partial charge in [0, 0.05) is 5.69 Å². The minimum atomic E-state index is -0.453. The van der Waals surface area contributed by atoms with Gasteiger partial charge in [0.05, 0.1) is 21.8 Å². The van der Waals surface area contributed by atoms with E-state index in [1.165, 1.54) is 18.5 Å². The largest absolute Gasteiger partial charge is 0.448 e. The van der Waals surface area contributed by atoms with Gasteiger partial charge in [-0.3, -0.25) is 14.4 Å². The van der Waals surface area contributed by atoms with Crippen molar-refractivity contribution >= 4 is 40.7 Å². The van der Waals surface area contributed by atoms with Gasteiger partial charge in [-0.25, -0.2) is 9.88 Å². The van der Waals surface area contributed by atoms with E-state index in [1.54, 1.807) is 37.3 Å². The van der Waals surface area contributed by atoms with Gasteiger partial charge in [-0.05, 0) is 37.3 Å². The molecule has 0 fully saturated rings. The number of aryl methyl sites for hydroxylation is 1. The van der Waals surface area contributed by atoms with Gasteiger partial charge in [-0.1, -0.05) is 23.7 Å². The number of oxazole rings is 1. The molecule has 3 amide bonds. The van der Waals surface area contributed by atoms with E-state index >= 15 is 0 Å². The molecular formula is C19H12ClN3O4. The molecule has 1 aliphatic heterocycles. The molecule has 1 aliphatic rings. The number of amides is 3. The number of anilines is 2. The van der Waals surface area contributed by atoms with Gasteiger partial charge in [0.25, 0.3) is 17.7 Å². The Morgan fingerprint density at radius 1 is 1.11 bits per heavy atom. The number of carbonyl (C=O) groups is 3. The Balaban J connectivity index is 1.62.